The molecule has 0 saturated heterocycles. The number of likely N-dealkylation sites (N-methyl/N-ethyl adjacent to an activating group) is 1. The van der Waals surface area contributed by atoms with Crippen LogP contribution in [0.2, 0.25) is 0 Å². The number of rotatable bonds is 9. The van der Waals surface area contributed by atoms with Gasteiger partial charge in [0.1, 0.15) is 6.04 Å². The van der Waals surface area contributed by atoms with E-state index in [1.807, 2.05) is 13.8 Å². The van der Waals surface area contributed by atoms with Gasteiger partial charge in [0.05, 0.1) is 6.04 Å². The smallest absolute Gasteiger partial charge is 0.326 e. The Kier molecular flexibility index (Phi) is 8.37. The van der Waals surface area contributed by atoms with Gasteiger partial charge in [0.15, 0.2) is 0 Å². The van der Waals surface area contributed by atoms with E-state index in [9.17, 15) is 9.59 Å². The van der Waals surface area contributed by atoms with E-state index in [1.165, 1.54) is 0 Å². The van der Waals surface area contributed by atoms with Crippen molar-refractivity contribution >= 4 is 11.9 Å². The summed E-state index contributed by atoms with van der Waals surface area (Å²) in [6, 6.07) is -1.13. The number of unbranched alkanes of at least 4 members (excludes halogenated alkanes) is 2. The van der Waals surface area contributed by atoms with Crippen LogP contribution >= 0.6 is 0 Å². The van der Waals surface area contributed by atoms with Gasteiger partial charge in [-0.25, -0.2) is 4.79 Å². The second-order valence-electron chi connectivity index (χ2n) is 4.91. The van der Waals surface area contributed by atoms with Gasteiger partial charge in [-0.05, 0) is 19.4 Å². The highest BCUT2D eigenvalue weighted by Crippen LogP contribution is 2.06. The molecule has 0 unspecified atom stereocenters. The number of carbonyl (C=O) groups is 2. The molecule has 18 heavy (non-hydrogen) atoms. The molecule has 0 heterocycles. The van der Waals surface area contributed by atoms with Crippen LogP contribution in [0.4, 0.5) is 0 Å². The van der Waals surface area contributed by atoms with Crippen LogP contribution in [0.5, 0.6) is 0 Å². The summed E-state index contributed by atoms with van der Waals surface area (Å²) in [5, 5.41) is 14.6. The topological polar surface area (TPSA) is 78.4 Å². The summed E-state index contributed by atoms with van der Waals surface area (Å²) in [5.74, 6) is -1.07. The molecule has 0 aromatic carbocycles. The molecule has 0 saturated carbocycles. The first kappa shape index (κ1) is 16.9. The molecule has 3 N–H and O–H groups in total. The molecule has 106 valence electrons. The van der Waals surface area contributed by atoms with Gasteiger partial charge in [-0.15, -0.1) is 0 Å². The first-order valence-electron chi connectivity index (χ1n) is 6.64. The summed E-state index contributed by atoms with van der Waals surface area (Å²) in [5.41, 5.74) is 0. The molecule has 0 aliphatic heterocycles. The summed E-state index contributed by atoms with van der Waals surface area (Å²) >= 11 is 0. The number of carboxylic acids is 1. The minimum absolute atomic E-state index is 0.125. The fraction of sp³-hybridized carbons (Fsp3) is 0.846. The zero-order valence-corrected chi connectivity index (χ0v) is 11.8. The van der Waals surface area contributed by atoms with E-state index in [0.717, 1.165) is 19.3 Å². The first-order valence-corrected chi connectivity index (χ1v) is 6.64. The minimum atomic E-state index is -0.960. The van der Waals surface area contributed by atoms with E-state index in [4.69, 9.17) is 5.11 Å². The van der Waals surface area contributed by atoms with Crippen molar-refractivity contribution in [1.82, 2.24) is 10.6 Å². The molecule has 0 aromatic heterocycles. The van der Waals surface area contributed by atoms with Gasteiger partial charge < -0.3 is 15.7 Å². The molecule has 0 radical (unpaired) electrons. The molecular weight excluding hydrogens is 232 g/mol. The molecule has 0 rings (SSSR count). The SMILES string of the molecule is CCCCC[C@H](NC(=O)[C@@H](NC)C(C)C)C(=O)O. The number of hydrogen-bond donors (Lipinski definition) is 3. The number of carboxylic acid groups (broad SMARTS) is 1. The second-order valence-corrected chi connectivity index (χ2v) is 4.91. The van der Waals surface area contributed by atoms with Crippen molar-refractivity contribution < 1.29 is 14.7 Å². The predicted octanol–water partition coefficient (Wildman–Crippen LogP) is 1.38. The zero-order valence-electron chi connectivity index (χ0n) is 11.8. The molecule has 0 aliphatic rings. The van der Waals surface area contributed by atoms with E-state index < -0.39 is 12.0 Å². The Balaban J connectivity index is 4.39. The summed E-state index contributed by atoms with van der Waals surface area (Å²) < 4.78 is 0. The summed E-state index contributed by atoms with van der Waals surface area (Å²) in [6.45, 7) is 5.91. The Hall–Kier alpha value is -1.10. The Morgan fingerprint density at radius 3 is 2.22 bits per heavy atom. The monoisotopic (exact) mass is 258 g/mol. The first-order chi connectivity index (χ1) is 8.43. The highest BCUT2D eigenvalue weighted by molar-refractivity contribution is 5.87. The van der Waals surface area contributed by atoms with Gasteiger partial charge in [0.25, 0.3) is 0 Å². The maximum absolute atomic E-state index is 11.9. The van der Waals surface area contributed by atoms with Crippen molar-refractivity contribution in [2.24, 2.45) is 5.92 Å². The van der Waals surface area contributed by atoms with Crippen molar-refractivity contribution in [3.8, 4) is 0 Å². The van der Waals surface area contributed by atoms with E-state index in [0.29, 0.717) is 6.42 Å². The lowest BCUT2D eigenvalue weighted by Gasteiger charge is -2.22. The van der Waals surface area contributed by atoms with Crippen LogP contribution in [0.15, 0.2) is 0 Å². The van der Waals surface area contributed by atoms with Crippen LogP contribution < -0.4 is 10.6 Å². The van der Waals surface area contributed by atoms with Crippen LogP contribution in [0.1, 0.15) is 46.5 Å². The number of carbonyl (C=O) groups excluding carboxylic acids is 1. The third-order valence-electron chi connectivity index (χ3n) is 2.97. The molecule has 1 amide bonds. The van der Waals surface area contributed by atoms with E-state index in [1.54, 1.807) is 7.05 Å². The summed E-state index contributed by atoms with van der Waals surface area (Å²) in [7, 11) is 1.71. The molecule has 0 aliphatic carbocycles. The van der Waals surface area contributed by atoms with Gasteiger partial charge in [0.2, 0.25) is 5.91 Å². The third-order valence-corrected chi connectivity index (χ3v) is 2.97. The average molecular weight is 258 g/mol. The second kappa shape index (κ2) is 8.91. The maximum atomic E-state index is 11.9. The van der Waals surface area contributed by atoms with Crippen molar-refractivity contribution in [2.45, 2.75) is 58.5 Å². The Bertz CT molecular complexity index is 267. The average Bonchev–Trinajstić information content (AvgIpc) is 2.28. The summed E-state index contributed by atoms with van der Waals surface area (Å²) in [4.78, 5) is 23.0. The number of nitrogens with one attached hydrogen (secondary N) is 2. The summed E-state index contributed by atoms with van der Waals surface area (Å²) in [6.07, 6.45) is 3.33. The minimum Gasteiger partial charge on any atom is -0.480 e. The van der Waals surface area contributed by atoms with Crippen LogP contribution in [0, 0.1) is 5.92 Å². The van der Waals surface area contributed by atoms with E-state index in [-0.39, 0.29) is 17.9 Å². The molecule has 5 heteroatoms. The van der Waals surface area contributed by atoms with Gasteiger partial charge in [-0.1, -0.05) is 40.0 Å². The Labute approximate surface area is 109 Å². The normalized spacial score (nSPS) is 14.3. The lowest BCUT2D eigenvalue weighted by molar-refractivity contribution is -0.142. The van der Waals surface area contributed by atoms with Gasteiger partial charge in [0, 0.05) is 0 Å². The molecule has 0 bridgehead atoms. The van der Waals surface area contributed by atoms with Gasteiger partial charge in [-0.2, -0.15) is 0 Å². The van der Waals surface area contributed by atoms with E-state index in [2.05, 4.69) is 17.6 Å². The largest absolute Gasteiger partial charge is 0.480 e. The molecule has 0 spiro atoms. The van der Waals surface area contributed by atoms with Gasteiger partial charge in [-0.3, -0.25) is 4.79 Å². The number of aliphatic carboxylic acids is 1. The quantitative estimate of drug-likeness (QED) is 0.546. The van der Waals surface area contributed by atoms with Crippen LogP contribution in [-0.2, 0) is 9.59 Å². The Morgan fingerprint density at radius 1 is 1.22 bits per heavy atom. The fourth-order valence-corrected chi connectivity index (χ4v) is 1.88. The fourth-order valence-electron chi connectivity index (χ4n) is 1.88. The molecule has 0 aromatic rings. The lowest BCUT2D eigenvalue weighted by Crippen LogP contribution is -2.51. The molecule has 5 nitrogen and oxygen atoms in total. The van der Waals surface area contributed by atoms with Gasteiger partial charge >= 0.3 is 5.97 Å². The van der Waals surface area contributed by atoms with Crippen molar-refractivity contribution in [3.63, 3.8) is 0 Å². The van der Waals surface area contributed by atoms with E-state index >= 15 is 0 Å². The standard InChI is InChI=1S/C13H26N2O3/c1-5-6-7-8-10(13(17)18)15-12(16)11(14-4)9(2)3/h9-11,14H,5-8H2,1-4H3,(H,15,16)(H,17,18)/t10-,11-/m0/s1. The molecular formula is C13H26N2O3. The highest BCUT2D eigenvalue weighted by Gasteiger charge is 2.25. The zero-order chi connectivity index (χ0) is 14.1. The van der Waals surface area contributed by atoms with Crippen LogP contribution in [-0.4, -0.2) is 36.1 Å². The molecule has 2 atom stereocenters. The van der Waals surface area contributed by atoms with Crippen molar-refractivity contribution in [1.29, 1.82) is 0 Å². The van der Waals surface area contributed by atoms with Crippen molar-refractivity contribution in [2.75, 3.05) is 7.05 Å². The molecule has 0 fully saturated rings. The number of hydrogen-bond acceptors (Lipinski definition) is 3. The third kappa shape index (κ3) is 6.00. The maximum Gasteiger partial charge on any atom is 0.326 e. The van der Waals surface area contributed by atoms with Crippen LogP contribution in [0.3, 0.4) is 0 Å². The number of amides is 1. The highest BCUT2D eigenvalue weighted by atomic mass is 16.4. The predicted molar refractivity (Wildman–Crippen MR) is 71.4 cm³/mol. The Morgan fingerprint density at radius 2 is 1.83 bits per heavy atom. The van der Waals surface area contributed by atoms with Crippen LogP contribution in [0.25, 0.3) is 0 Å². The lowest BCUT2D eigenvalue weighted by atomic mass is 10.0. The van der Waals surface area contributed by atoms with Crippen molar-refractivity contribution in [3.05, 3.63) is 0 Å².